The van der Waals surface area contributed by atoms with Crippen LogP contribution in [0.25, 0.3) is 0 Å². The fraction of sp³-hybridized carbons (Fsp3) is 0.562. The molecule has 1 aliphatic rings. The van der Waals surface area contributed by atoms with E-state index in [0.717, 1.165) is 24.2 Å². The number of nitrogens with one attached hydrogen (secondary N) is 1. The maximum absolute atomic E-state index is 12.0. The number of amides is 1. The second-order valence-electron chi connectivity index (χ2n) is 5.52. The zero-order chi connectivity index (χ0) is 14.7. The van der Waals surface area contributed by atoms with Crippen molar-refractivity contribution in [3.8, 4) is 5.75 Å². The summed E-state index contributed by atoms with van der Waals surface area (Å²) in [4.78, 5) is 12.0. The van der Waals surface area contributed by atoms with Crippen LogP contribution in [0.3, 0.4) is 0 Å². The predicted octanol–water partition coefficient (Wildman–Crippen LogP) is 2.47. The third kappa shape index (κ3) is 2.96. The van der Waals surface area contributed by atoms with E-state index < -0.39 is 0 Å². The first-order valence-corrected chi connectivity index (χ1v) is 7.06. The Bertz CT molecular complexity index is 485. The third-order valence-corrected chi connectivity index (χ3v) is 3.88. The highest BCUT2D eigenvalue weighted by molar-refractivity contribution is 5.78. The highest BCUT2D eigenvalue weighted by atomic mass is 16.5. The van der Waals surface area contributed by atoms with E-state index in [1.54, 1.807) is 14.2 Å². The summed E-state index contributed by atoms with van der Waals surface area (Å²) in [6, 6.07) is 5.94. The van der Waals surface area contributed by atoms with Gasteiger partial charge in [-0.05, 0) is 36.1 Å². The molecule has 0 radical (unpaired) electrons. The molecule has 0 fully saturated rings. The molecule has 110 valence electrons. The third-order valence-electron chi connectivity index (χ3n) is 3.88. The molecular weight excluding hydrogens is 254 g/mol. The highest BCUT2D eigenvalue weighted by Crippen LogP contribution is 2.34. The van der Waals surface area contributed by atoms with Crippen molar-refractivity contribution in [2.24, 2.45) is 5.92 Å². The Morgan fingerprint density at radius 3 is 2.70 bits per heavy atom. The molecule has 0 aromatic heterocycles. The van der Waals surface area contributed by atoms with E-state index >= 15 is 0 Å². The number of hydrogen-bond donors (Lipinski definition) is 1. The van der Waals surface area contributed by atoms with Crippen LogP contribution in [0, 0.1) is 5.92 Å². The number of benzene rings is 1. The number of fused-ring (bicyclic) bond motifs is 1. The molecule has 4 heteroatoms. The molecule has 0 spiro atoms. The Kier molecular flexibility index (Phi) is 4.65. The van der Waals surface area contributed by atoms with Crippen LogP contribution in [0.4, 0.5) is 0 Å². The van der Waals surface area contributed by atoms with Gasteiger partial charge in [-0.1, -0.05) is 19.9 Å². The minimum atomic E-state index is -0.0791. The average molecular weight is 277 g/mol. The van der Waals surface area contributed by atoms with Crippen molar-refractivity contribution in [3.63, 3.8) is 0 Å². The number of aryl methyl sites for hydroxylation is 1. The number of methoxy groups -OCH3 is 2. The van der Waals surface area contributed by atoms with Gasteiger partial charge in [-0.2, -0.15) is 0 Å². The molecule has 0 heterocycles. The van der Waals surface area contributed by atoms with Crippen LogP contribution in [-0.4, -0.2) is 26.2 Å². The Morgan fingerprint density at radius 1 is 1.35 bits per heavy atom. The summed E-state index contributed by atoms with van der Waals surface area (Å²) in [6.45, 7) is 3.80. The normalized spacial score (nSPS) is 21.4. The van der Waals surface area contributed by atoms with Crippen LogP contribution in [0.1, 0.15) is 37.4 Å². The van der Waals surface area contributed by atoms with Crippen molar-refractivity contribution < 1.29 is 14.3 Å². The zero-order valence-electron chi connectivity index (χ0n) is 12.6. The van der Waals surface area contributed by atoms with Gasteiger partial charge in [0.05, 0.1) is 19.3 Å². The lowest BCUT2D eigenvalue weighted by atomic mass is 9.85. The minimum absolute atomic E-state index is 0.0265. The van der Waals surface area contributed by atoms with Gasteiger partial charge in [-0.15, -0.1) is 0 Å². The van der Waals surface area contributed by atoms with E-state index in [0.29, 0.717) is 0 Å². The van der Waals surface area contributed by atoms with Crippen molar-refractivity contribution in [3.05, 3.63) is 29.3 Å². The van der Waals surface area contributed by atoms with E-state index in [2.05, 4.69) is 11.4 Å². The van der Waals surface area contributed by atoms with E-state index in [4.69, 9.17) is 9.47 Å². The molecule has 1 aromatic rings. The number of rotatable bonds is 4. The molecule has 1 aliphatic carbocycles. The van der Waals surface area contributed by atoms with Gasteiger partial charge in [0.1, 0.15) is 5.75 Å². The lowest BCUT2D eigenvalue weighted by Gasteiger charge is -2.34. The van der Waals surface area contributed by atoms with Crippen molar-refractivity contribution >= 4 is 5.91 Å². The standard InChI is InChI=1S/C16H23NO3/c1-10(2)16(18)17-15-13-7-6-12(19-3)9-11(13)5-8-14(15)20-4/h6-7,9-10,14-15H,5,8H2,1-4H3,(H,17,18)/t14-,15-/m0/s1. The van der Waals surface area contributed by atoms with Crippen molar-refractivity contribution in [2.75, 3.05) is 14.2 Å². The monoisotopic (exact) mass is 277 g/mol. The second kappa shape index (κ2) is 6.27. The van der Waals surface area contributed by atoms with Gasteiger partial charge in [0, 0.05) is 13.0 Å². The predicted molar refractivity (Wildman–Crippen MR) is 77.8 cm³/mol. The molecule has 20 heavy (non-hydrogen) atoms. The lowest BCUT2D eigenvalue weighted by molar-refractivity contribution is -0.126. The van der Waals surface area contributed by atoms with E-state index in [9.17, 15) is 4.79 Å². The molecular formula is C16H23NO3. The number of hydrogen-bond acceptors (Lipinski definition) is 3. The number of carbonyl (C=O) groups excluding carboxylic acids is 1. The maximum Gasteiger partial charge on any atom is 0.223 e. The second-order valence-corrected chi connectivity index (χ2v) is 5.52. The maximum atomic E-state index is 12.0. The molecule has 0 unspecified atom stereocenters. The molecule has 2 rings (SSSR count). The van der Waals surface area contributed by atoms with Gasteiger partial charge in [0.2, 0.25) is 5.91 Å². The SMILES string of the molecule is COc1ccc2c(c1)CC[C@H](OC)[C@H]2NC(=O)C(C)C. The summed E-state index contributed by atoms with van der Waals surface area (Å²) >= 11 is 0. The van der Waals surface area contributed by atoms with Crippen LogP contribution >= 0.6 is 0 Å². The van der Waals surface area contributed by atoms with Gasteiger partial charge >= 0.3 is 0 Å². The topological polar surface area (TPSA) is 47.6 Å². The summed E-state index contributed by atoms with van der Waals surface area (Å²) in [5.41, 5.74) is 2.37. The fourth-order valence-electron chi connectivity index (χ4n) is 2.64. The van der Waals surface area contributed by atoms with Crippen LogP contribution in [0.5, 0.6) is 5.75 Å². The lowest BCUT2D eigenvalue weighted by Crippen LogP contribution is -2.41. The van der Waals surface area contributed by atoms with Crippen LogP contribution < -0.4 is 10.1 Å². The zero-order valence-corrected chi connectivity index (χ0v) is 12.6. The first-order valence-electron chi connectivity index (χ1n) is 7.06. The Labute approximate surface area is 120 Å². The van der Waals surface area contributed by atoms with Crippen molar-refractivity contribution in [1.29, 1.82) is 0 Å². The van der Waals surface area contributed by atoms with Gasteiger partial charge < -0.3 is 14.8 Å². The Hall–Kier alpha value is -1.55. The van der Waals surface area contributed by atoms with Gasteiger partial charge in [-0.25, -0.2) is 0 Å². The van der Waals surface area contributed by atoms with Gasteiger partial charge in [-0.3, -0.25) is 4.79 Å². The summed E-state index contributed by atoms with van der Waals surface area (Å²) in [6.07, 6.45) is 1.87. The molecule has 1 aromatic carbocycles. The molecule has 0 aliphatic heterocycles. The molecule has 4 nitrogen and oxygen atoms in total. The quantitative estimate of drug-likeness (QED) is 0.919. The number of carbonyl (C=O) groups is 1. The molecule has 0 saturated heterocycles. The fourth-order valence-corrected chi connectivity index (χ4v) is 2.64. The van der Waals surface area contributed by atoms with Crippen molar-refractivity contribution in [2.45, 2.75) is 38.8 Å². The van der Waals surface area contributed by atoms with Gasteiger partial charge in [0.15, 0.2) is 0 Å². The van der Waals surface area contributed by atoms with E-state index in [1.807, 2.05) is 26.0 Å². The first kappa shape index (κ1) is 14.9. The summed E-state index contributed by atoms with van der Waals surface area (Å²) < 4.78 is 10.8. The average Bonchev–Trinajstić information content (AvgIpc) is 2.46. The highest BCUT2D eigenvalue weighted by Gasteiger charge is 2.31. The molecule has 1 amide bonds. The molecule has 2 atom stereocenters. The van der Waals surface area contributed by atoms with E-state index in [-0.39, 0.29) is 24.0 Å². The minimum Gasteiger partial charge on any atom is -0.497 e. The molecule has 0 bridgehead atoms. The number of ether oxygens (including phenoxy) is 2. The van der Waals surface area contributed by atoms with Crippen molar-refractivity contribution in [1.82, 2.24) is 5.32 Å². The van der Waals surface area contributed by atoms with Crippen LogP contribution in [0.15, 0.2) is 18.2 Å². The Balaban J connectivity index is 2.30. The summed E-state index contributed by atoms with van der Waals surface area (Å²) in [7, 11) is 3.37. The van der Waals surface area contributed by atoms with Crippen LogP contribution in [-0.2, 0) is 16.0 Å². The van der Waals surface area contributed by atoms with Crippen LogP contribution in [0.2, 0.25) is 0 Å². The smallest absolute Gasteiger partial charge is 0.223 e. The Morgan fingerprint density at radius 2 is 2.10 bits per heavy atom. The molecule has 0 saturated carbocycles. The summed E-state index contributed by atoms with van der Waals surface area (Å²) in [5.74, 6) is 0.880. The molecule has 1 N–H and O–H groups in total. The van der Waals surface area contributed by atoms with E-state index in [1.165, 1.54) is 5.56 Å². The first-order chi connectivity index (χ1) is 9.56. The summed E-state index contributed by atoms with van der Waals surface area (Å²) in [5, 5.41) is 3.11. The van der Waals surface area contributed by atoms with Gasteiger partial charge in [0.25, 0.3) is 0 Å². The largest absolute Gasteiger partial charge is 0.497 e.